The van der Waals surface area contributed by atoms with Gasteiger partial charge in [0.15, 0.2) is 0 Å². The molecule has 6 heteroatoms. The van der Waals surface area contributed by atoms with Gasteiger partial charge in [0.2, 0.25) is 0 Å². The van der Waals surface area contributed by atoms with Crippen LogP contribution in [0.2, 0.25) is 0 Å². The molecule has 0 bridgehead atoms. The molecule has 0 aliphatic heterocycles. The normalized spacial score (nSPS) is 11.9. The molecule has 0 amide bonds. The number of benzene rings is 2. The Labute approximate surface area is 139 Å². The molecule has 0 aromatic heterocycles. The summed E-state index contributed by atoms with van der Waals surface area (Å²) >= 11 is 5.46. The summed E-state index contributed by atoms with van der Waals surface area (Å²) in [5.41, 5.74) is 1.70. The van der Waals surface area contributed by atoms with Gasteiger partial charge in [-0.15, -0.1) is 0 Å². The van der Waals surface area contributed by atoms with Crippen LogP contribution in [0.5, 0.6) is 0 Å². The quantitative estimate of drug-likeness (QED) is 0.402. The third kappa shape index (κ3) is 3.69. The van der Waals surface area contributed by atoms with Gasteiger partial charge < -0.3 is 5.32 Å². The number of anilines is 1. The Hall–Kier alpha value is -1.15. The van der Waals surface area contributed by atoms with Crippen LogP contribution in [-0.2, 0) is 0 Å². The summed E-state index contributed by atoms with van der Waals surface area (Å²) < 4.78 is 1.85. The number of nitrogens with one attached hydrogen (secondary N) is 1. The minimum Gasteiger partial charge on any atom is -0.373 e. The highest BCUT2D eigenvalue weighted by Crippen LogP contribution is 2.30. The van der Waals surface area contributed by atoms with E-state index in [0.29, 0.717) is 5.69 Å². The zero-order valence-electron chi connectivity index (χ0n) is 10.6. The molecule has 104 valence electrons. The van der Waals surface area contributed by atoms with Crippen LogP contribution in [0.15, 0.2) is 46.9 Å². The number of halogens is 2. The van der Waals surface area contributed by atoms with E-state index in [0.717, 1.165) is 13.6 Å². The molecule has 1 N–H and O–H groups in total. The second-order valence-corrected chi connectivity index (χ2v) is 6.50. The number of nitro groups is 1. The number of nitro benzene ring substituents is 1. The van der Waals surface area contributed by atoms with Crippen LogP contribution in [0.4, 0.5) is 11.4 Å². The van der Waals surface area contributed by atoms with E-state index in [1.165, 1.54) is 0 Å². The molecule has 0 heterocycles. The van der Waals surface area contributed by atoms with E-state index >= 15 is 0 Å². The fourth-order valence-corrected chi connectivity index (χ4v) is 2.59. The standard InChI is InChI=1S/C14H12BrIN2O2/c1-9(10-2-4-11(15)5-3-10)17-13-7-6-12(16)8-14(13)18(19)20/h2-9,17H,1H3. The van der Waals surface area contributed by atoms with Crippen molar-refractivity contribution in [1.29, 1.82) is 0 Å². The minimum absolute atomic E-state index is 0.0122. The maximum Gasteiger partial charge on any atom is 0.293 e. The third-order valence-corrected chi connectivity index (χ3v) is 4.10. The van der Waals surface area contributed by atoms with Gasteiger partial charge in [-0.05, 0) is 59.3 Å². The van der Waals surface area contributed by atoms with Crippen molar-refractivity contribution in [3.8, 4) is 0 Å². The average Bonchev–Trinajstić information content (AvgIpc) is 2.41. The Morgan fingerprint density at radius 1 is 1.25 bits per heavy atom. The van der Waals surface area contributed by atoms with Gasteiger partial charge in [-0.25, -0.2) is 0 Å². The second-order valence-electron chi connectivity index (χ2n) is 4.34. The van der Waals surface area contributed by atoms with Gasteiger partial charge in [-0.1, -0.05) is 28.1 Å². The molecule has 0 saturated carbocycles. The van der Waals surface area contributed by atoms with E-state index in [-0.39, 0.29) is 16.7 Å². The molecular weight excluding hydrogens is 435 g/mol. The summed E-state index contributed by atoms with van der Waals surface area (Å²) in [7, 11) is 0. The summed E-state index contributed by atoms with van der Waals surface area (Å²) in [6, 6.07) is 13.0. The Morgan fingerprint density at radius 2 is 1.90 bits per heavy atom. The van der Waals surface area contributed by atoms with Crippen molar-refractivity contribution in [2.45, 2.75) is 13.0 Å². The summed E-state index contributed by atoms with van der Waals surface area (Å²) in [5.74, 6) is 0. The monoisotopic (exact) mass is 446 g/mol. The molecular formula is C14H12BrIN2O2. The van der Waals surface area contributed by atoms with Crippen LogP contribution in [0, 0.1) is 13.7 Å². The fourth-order valence-electron chi connectivity index (χ4n) is 1.85. The molecule has 1 atom stereocenters. The van der Waals surface area contributed by atoms with Crippen molar-refractivity contribution < 1.29 is 4.92 Å². The van der Waals surface area contributed by atoms with Gasteiger partial charge >= 0.3 is 0 Å². The molecule has 0 fully saturated rings. The molecule has 1 unspecified atom stereocenters. The van der Waals surface area contributed by atoms with Crippen LogP contribution >= 0.6 is 38.5 Å². The molecule has 0 radical (unpaired) electrons. The van der Waals surface area contributed by atoms with E-state index < -0.39 is 0 Å². The lowest BCUT2D eigenvalue weighted by Crippen LogP contribution is -2.08. The van der Waals surface area contributed by atoms with E-state index in [2.05, 4.69) is 43.8 Å². The summed E-state index contributed by atoms with van der Waals surface area (Å²) in [6.45, 7) is 1.98. The number of hydrogen-bond donors (Lipinski definition) is 1. The van der Waals surface area contributed by atoms with Gasteiger partial charge in [0.05, 0.1) is 4.92 Å². The second kappa shape index (κ2) is 6.53. The number of nitrogens with zero attached hydrogens (tertiary/aromatic N) is 1. The average molecular weight is 447 g/mol. The highest BCUT2D eigenvalue weighted by Gasteiger charge is 2.16. The number of hydrogen-bond acceptors (Lipinski definition) is 3. The maximum atomic E-state index is 11.1. The predicted octanol–water partition coefficient (Wildman–Crippen LogP) is 5.14. The van der Waals surface area contributed by atoms with Crippen molar-refractivity contribution in [2.75, 3.05) is 5.32 Å². The van der Waals surface area contributed by atoms with Crippen molar-refractivity contribution in [3.05, 3.63) is 66.2 Å². The van der Waals surface area contributed by atoms with E-state index in [4.69, 9.17) is 0 Å². The van der Waals surface area contributed by atoms with Crippen molar-refractivity contribution in [3.63, 3.8) is 0 Å². The van der Waals surface area contributed by atoms with Gasteiger partial charge in [-0.2, -0.15) is 0 Å². The lowest BCUT2D eigenvalue weighted by atomic mass is 10.1. The molecule has 0 aliphatic carbocycles. The van der Waals surface area contributed by atoms with Crippen LogP contribution in [0.3, 0.4) is 0 Å². The molecule has 0 spiro atoms. The van der Waals surface area contributed by atoms with Gasteiger partial charge in [0.25, 0.3) is 5.69 Å². The molecule has 2 aromatic carbocycles. The van der Waals surface area contributed by atoms with Gasteiger partial charge in [0, 0.05) is 20.2 Å². The highest BCUT2D eigenvalue weighted by atomic mass is 127. The first-order valence-corrected chi connectivity index (χ1v) is 7.80. The smallest absolute Gasteiger partial charge is 0.293 e. The third-order valence-electron chi connectivity index (χ3n) is 2.90. The van der Waals surface area contributed by atoms with Crippen LogP contribution in [-0.4, -0.2) is 4.92 Å². The fraction of sp³-hybridized carbons (Fsp3) is 0.143. The number of rotatable bonds is 4. The Morgan fingerprint density at radius 3 is 2.50 bits per heavy atom. The van der Waals surface area contributed by atoms with Crippen LogP contribution < -0.4 is 5.32 Å². The Bertz CT molecular complexity index is 632. The first-order valence-electron chi connectivity index (χ1n) is 5.93. The largest absolute Gasteiger partial charge is 0.373 e. The molecule has 0 saturated heterocycles. The molecule has 20 heavy (non-hydrogen) atoms. The van der Waals surface area contributed by atoms with Crippen molar-refractivity contribution >= 4 is 49.9 Å². The first kappa shape index (κ1) is 15.2. The van der Waals surface area contributed by atoms with Crippen LogP contribution in [0.25, 0.3) is 0 Å². The minimum atomic E-state index is -0.362. The zero-order valence-corrected chi connectivity index (χ0v) is 14.4. The van der Waals surface area contributed by atoms with E-state index in [1.54, 1.807) is 12.1 Å². The van der Waals surface area contributed by atoms with Crippen molar-refractivity contribution in [2.24, 2.45) is 0 Å². The first-order chi connectivity index (χ1) is 9.47. The Kier molecular flexibility index (Phi) is 4.98. The zero-order chi connectivity index (χ0) is 14.7. The van der Waals surface area contributed by atoms with Crippen LogP contribution in [0.1, 0.15) is 18.5 Å². The predicted molar refractivity (Wildman–Crippen MR) is 92.0 cm³/mol. The molecule has 0 aliphatic rings. The van der Waals surface area contributed by atoms with E-state index in [1.807, 2.05) is 37.3 Å². The maximum absolute atomic E-state index is 11.1. The van der Waals surface area contributed by atoms with Gasteiger partial charge in [-0.3, -0.25) is 10.1 Å². The lowest BCUT2D eigenvalue weighted by molar-refractivity contribution is -0.384. The summed E-state index contributed by atoms with van der Waals surface area (Å²) in [6.07, 6.45) is 0. The van der Waals surface area contributed by atoms with Crippen molar-refractivity contribution in [1.82, 2.24) is 0 Å². The lowest BCUT2D eigenvalue weighted by Gasteiger charge is -2.16. The summed E-state index contributed by atoms with van der Waals surface area (Å²) in [4.78, 5) is 10.7. The van der Waals surface area contributed by atoms with E-state index in [9.17, 15) is 10.1 Å². The molecule has 2 aromatic rings. The molecule has 2 rings (SSSR count). The van der Waals surface area contributed by atoms with Gasteiger partial charge in [0.1, 0.15) is 5.69 Å². The SMILES string of the molecule is CC(Nc1ccc(I)cc1[N+](=O)[O-])c1ccc(Br)cc1. The molecule has 4 nitrogen and oxygen atoms in total. The topological polar surface area (TPSA) is 55.2 Å². The highest BCUT2D eigenvalue weighted by molar-refractivity contribution is 14.1. The summed E-state index contributed by atoms with van der Waals surface area (Å²) in [5, 5.41) is 14.3. The Balaban J connectivity index is 2.25.